The molecule has 1 heterocycles. The number of hydrogen-bond donors (Lipinski definition) is 1. The number of rotatable bonds is 6. The van der Waals surface area contributed by atoms with Gasteiger partial charge in [0.15, 0.2) is 0 Å². The fourth-order valence-corrected chi connectivity index (χ4v) is 3.63. The number of carbonyl (C=O) groups is 2. The van der Waals surface area contributed by atoms with Crippen molar-refractivity contribution in [2.24, 2.45) is 0 Å². The lowest BCUT2D eigenvalue weighted by Gasteiger charge is -2.06. The van der Waals surface area contributed by atoms with Crippen LogP contribution in [-0.2, 0) is 16.0 Å². The van der Waals surface area contributed by atoms with E-state index in [-0.39, 0.29) is 12.3 Å². The summed E-state index contributed by atoms with van der Waals surface area (Å²) in [6.07, 6.45) is 0.196. The molecule has 0 unspecified atom stereocenters. The molecule has 5 nitrogen and oxygen atoms in total. The van der Waals surface area contributed by atoms with Gasteiger partial charge in [-0.05, 0) is 29.3 Å². The first-order valence-electron chi connectivity index (χ1n) is 8.31. The second kappa shape index (κ2) is 8.51. The van der Waals surface area contributed by atoms with E-state index in [4.69, 9.17) is 9.47 Å². The van der Waals surface area contributed by atoms with Crippen LogP contribution in [0.15, 0.2) is 60.7 Å². The molecule has 0 radical (unpaired) electrons. The van der Waals surface area contributed by atoms with Crippen molar-refractivity contribution in [1.82, 2.24) is 0 Å². The van der Waals surface area contributed by atoms with Crippen LogP contribution in [-0.4, -0.2) is 26.1 Å². The van der Waals surface area contributed by atoms with E-state index in [9.17, 15) is 9.59 Å². The van der Waals surface area contributed by atoms with Gasteiger partial charge in [0.25, 0.3) is 0 Å². The monoisotopic (exact) mass is 381 g/mol. The van der Waals surface area contributed by atoms with Crippen LogP contribution in [0.2, 0.25) is 0 Å². The minimum atomic E-state index is -0.470. The number of carbonyl (C=O) groups excluding carboxylic acids is 2. The Morgan fingerprint density at radius 1 is 1.00 bits per heavy atom. The van der Waals surface area contributed by atoms with E-state index in [1.54, 1.807) is 25.3 Å². The zero-order valence-corrected chi connectivity index (χ0v) is 15.8. The lowest BCUT2D eigenvalue weighted by Crippen LogP contribution is -2.16. The minimum Gasteiger partial charge on any atom is -0.497 e. The standard InChI is InChI=1S/C21H19NO4S/c1-25-16-10-8-14(9-11-16)12-19(23)22-17-13-18(15-6-4-3-5-7-15)27-20(17)21(24)26-2/h3-11,13H,12H2,1-2H3,(H,22,23). The largest absolute Gasteiger partial charge is 0.497 e. The summed E-state index contributed by atoms with van der Waals surface area (Å²) >= 11 is 1.29. The highest BCUT2D eigenvalue weighted by Crippen LogP contribution is 2.35. The molecule has 2 aromatic carbocycles. The summed E-state index contributed by atoms with van der Waals surface area (Å²) in [5, 5.41) is 2.83. The van der Waals surface area contributed by atoms with Gasteiger partial charge in [-0.15, -0.1) is 11.3 Å². The van der Waals surface area contributed by atoms with Gasteiger partial charge < -0.3 is 14.8 Å². The number of ether oxygens (including phenoxy) is 2. The average molecular weight is 381 g/mol. The fourth-order valence-electron chi connectivity index (χ4n) is 2.60. The Morgan fingerprint density at radius 2 is 1.70 bits per heavy atom. The number of anilines is 1. The van der Waals surface area contributed by atoms with Gasteiger partial charge in [0, 0.05) is 4.88 Å². The van der Waals surface area contributed by atoms with E-state index in [2.05, 4.69) is 5.32 Å². The molecule has 3 rings (SSSR count). The molecule has 1 N–H and O–H groups in total. The summed E-state index contributed by atoms with van der Waals surface area (Å²) in [5.74, 6) is 0.0575. The molecule has 0 saturated carbocycles. The Morgan fingerprint density at radius 3 is 2.33 bits per heavy atom. The van der Waals surface area contributed by atoms with Crippen LogP contribution in [0.4, 0.5) is 5.69 Å². The zero-order valence-electron chi connectivity index (χ0n) is 15.0. The Labute approximate surface area is 161 Å². The molecular weight excluding hydrogens is 362 g/mol. The highest BCUT2D eigenvalue weighted by molar-refractivity contribution is 7.18. The molecular formula is C21H19NO4S. The van der Waals surface area contributed by atoms with E-state index in [0.29, 0.717) is 10.6 Å². The Bertz CT molecular complexity index is 933. The number of esters is 1. The molecule has 3 aromatic rings. The highest BCUT2D eigenvalue weighted by Gasteiger charge is 2.19. The van der Waals surface area contributed by atoms with Crippen LogP contribution in [0.5, 0.6) is 5.75 Å². The predicted octanol–water partition coefficient (Wildman–Crippen LogP) is 4.39. The summed E-state index contributed by atoms with van der Waals surface area (Å²) in [4.78, 5) is 25.8. The molecule has 6 heteroatoms. The molecule has 1 amide bonds. The SMILES string of the molecule is COC(=O)c1sc(-c2ccccc2)cc1NC(=O)Cc1ccc(OC)cc1. The number of thiophene rings is 1. The van der Waals surface area contributed by atoms with Crippen LogP contribution >= 0.6 is 11.3 Å². The molecule has 0 saturated heterocycles. The normalized spacial score (nSPS) is 10.3. The van der Waals surface area contributed by atoms with Crippen molar-refractivity contribution in [3.63, 3.8) is 0 Å². The van der Waals surface area contributed by atoms with Gasteiger partial charge in [0.2, 0.25) is 5.91 Å². The molecule has 0 fully saturated rings. The highest BCUT2D eigenvalue weighted by atomic mass is 32.1. The first kappa shape index (κ1) is 18.7. The number of amides is 1. The number of benzene rings is 2. The van der Waals surface area contributed by atoms with E-state index in [1.807, 2.05) is 42.5 Å². The van der Waals surface area contributed by atoms with Gasteiger partial charge in [0.05, 0.1) is 26.3 Å². The lowest BCUT2D eigenvalue weighted by atomic mass is 10.1. The molecule has 0 atom stereocenters. The van der Waals surface area contributed by atoms with Crippen LogP contribution in [0, 0.1) is 0 Å². The molecule has 27 heavy (non-hydrogen) atoms. The maximum absolute atomic E-state index is 12.5. The smallest absolute Gasteiger partial charge is 0.350 e. The summed E-state index contributed by atoms with van der Waals surface area (Å²) in [7, 11) is 2.92. The Kier molecular flexibility index (Phi) is 5.88. The van der Waals surface area contributed by atoms with Crippen molar-refractivity contribution < 1.29 is 19.1 Å². The van der Waals surface area contributed by atoms with Crippen molar-refractivity contribution in [3.05, 3.63) is 71.1 Å². The van der Waals surface area contributed by atoms with Crippen LogP contribution in [0.1, 0.15) is 15.2 Å². The summed E-state index contributed by atoms with van der Waals surface area (Å²) < 4.78 is 9.98. The predicted molar refractivity (Wildman–Crippen MR) is 106 cm³/mol. The van der Waals surface area contributed by atoms with Crippen LogP contribution in [0.3, 0.4) is 0 Å². The van der Waals surface area contributed by atoms with Crippen molar-refractivity contribution in [3.8, 4) is 16.2 Å². The summed E-state index contributed by atoms with van der Waals surface area (Å²) in [6.45, 7) is 0. The van der Waals surface area contributed by atoms with E-state index >= 15 is 0 Å². The third-order valence-corrected chi connectivity index (χ3v) is 5.12. The fraction of sp³-hybridized carbons (Fsp3) is 0.143. The van der Waals surface area contributed by atoms with E-state index < -0.39 is 5.97 Å². The second-order valence-corrected chi connectivity index (χ2v) is 6.84. The Balaban J connectivity index is 1.80. The number of hydrogen-bond acceptors (Lipinski definition) is 5. The second-order valence-electron chi connectivity index (χ2n) is 5.78. The average Bonchev–Trinajstić information content (AvgIpc) is 3.12. The molecule has 0 spiro atoms. The lowest BCUT2D eigenvalue weighted by molar-refractivity contribution is -0.115. The summed E-state index contributed by atoms with van der Waals surface area (Å²) in [5.41, 5.74) is 2.29. The Hall–Kier alpha value is -3.12. The maximum Gasteiger partial charge on any atom is 0.350 e. The third-order valence-electron chi connectivity index (χ3n) is 3.96. The van der Waals surface area contributed by atoms with Gasteiger partial charge in [-0.25, -0.2) is 4.79 Å². The van der Waals surface area contributed by atoms with E-state index in [1.165, 1.54) is 18.4 Å². The molecule has 138 valence electrons. The van der Waals surface area contributed by atoms with Crippen molar-refractivity contribution in [2.45, 2.75) is 6.42 Å². The first-order valence-corrected chi connectivity index (χ1v) is 9.12. The molecule has 0 aliphatic rings. The minimum absolute atomic E-state index is 0.196. The van der Waals surface area contributed by atoms with Crippen LogP contribution in [0.25, 0.3) is 10.4 Å². The van der Waals surface area contributed by atoms with Gasteiger partial charge in [-0.3, -0.25) is 4.79 Å². The van der Waals surface area contributed by atoms with Crippen molar-refractivity contribution in [2.75, 3.05) is 19.5 Å². The molecule has 1 aromatic heterocycles. The molecule has 0 aliphatic carbocycles. The topological polar surface area (TPSA) is 64.6 Å². The van der Waals surface area contributed by atoms with Crippen LogP contribution < -0.4 is 10.1 Å². The van der Waals surface area contributed by atoms with Gasteiger partial charge in [-0.1, -0.05) is 42.5 Å². The molecule has 0 bridgehead atoms. The maximum atomic E-state index is 12.5. The van der Waals surface area contributed by atoms with E-state index in [0.717, 1.165) is 21.8 Å². The van der Waals surface area contributed by atoms with Crippen molar-refractivity contribution >= 4 is 28.9 Å². The number of nitrogens with one attached hydrogen (secondary N) is 1. The van der Waals surface area contributed by atoms with Gasteiger partial charge in [0.1, 0.15) is 10.6 Å². The van der Waals surface area contributed by atoms with Crippen molar-refractivity contribution in [1.29, 1.82) is 0 Å². The zero-order chi connectivity index (χ0) is 19.2. The first-order chi connectivity index (χ1) is 13.1. The van der Waals surface area contributed by atoms with Gasteiger partial charge in [-0.2, -0.15) is 0 Å². The quantitative estimate of drug-likeness (QED) is 0.643. The summed E-state index contributed by atoms with van der Waals surface area (Å²) in [6, 6.07) is 18.8. The third kappa shape index (κ3) is 4.54. The number of methoxy groups -OCH3 is 2. The van der Waals surface area contributed by atoms with Gasteiger partial charge >= 0.3 is 5.97 Å². The molecule has 0 aliphatic heterocycles.